The fraction of sp³-hybridized carbons (Fsp3) is 0.579. The molecule has 2 heterocycles. The Morgan fingerprint density at radius 3 is 2.84 bits per heavy atom. The minimum atomic E-state index is 0.00931. The van der Waals surface area contributed by atoms with Crippen LogP contribution in [-0.2, 0) is 16.1 Å². The van der Waals surface area contributed by atoms with E-state index >= 15 is 0 Å². The van der Waals surface area contributed by atoms with Crippen molar-refractivity contribution in [1.82, 2.24) is 19.8 Å². The Hall–Kier alpha value is -1.92. The first-order valence-electron chi connectivity index (χ1n) is 9.04. The third kappa shape index (κ3) is 3.85. The number of nitrogens with zero attached hydrogens (tertiary/aromatic N) is 3. The normalized spacial score (nSPS) is 21.3. The predicted molar refractivity (Wildman–Crippen MR) is 98.7 cm³/mol. The van der Waals surface area contributed by atoms with Crippen molar-refractivity contribution in [3.8, 4) is 0 Å². The van der Waals surface area contributed by atoms with E-state index in [-0.39, 0.29) is 30.5 Å². The molecule has 25 heavy (non-hydrogen) atoms. The molecule has 1 aromatic heterocycles. The average molecular weight is 344 g/mol. The zero-order valence-corrected chi connectivity index (χ0v) is 15.5. The first-order valence-corrected chi connectivity index (χ1v) is 9.04. The summed E-state index contributed by atoms with van der Waals surface area (Å²) in [5.41, 5.74) is 1.94. The number of nitrogens with one attached hydrogen (secondary N) is 1. The molecule has 0 spiro atoms. The third-order valence-corrected chi connectivity index (χ3v) is 4.68. The summed E-state index contributed by atoms with van der Waals surface area (Å²) in [5, 5.41) is 3.16. The molecule has 1 N–H and O–H groups in total. The van der Waals surface area contributed by atoms with Crippen molar-refractivity contribution in [2.24, 2.45) is 0 Å². The Balaban J connectivity index is 1.77. The minimum Gasteiger partial charge on any atom is -0.375 e. The van der Waals surface area contributed by atoms with Gasteiger partial charge >= 0.3 is 0 Å². The Morgan fingerprint density at radius 1 is 1.36 bits per heavy atom. The largest absolute Gasteiger partial charge is 0.375 e. The third-order valence-electron chi connectivity index (χ3n) is 4.68. The molecule has 1 fully saturated rings. The van der Waals surface area contributed by atoms with Gasteiger partial charge in [-0.25, -0.2) is 4.98 Å². The van der Waals surface area contributed by atoms with Crippen LogP contribution in [0.3, 0.4) is 0 Å². The molecule has 1 aliphatic rings. The van der Waals surface area contributed by atoms with E-state index in [1.54, 1.807) is 0 Å². The quantitative estimate of drug-likeness (QED) is 0.871. The molecule has 1 aromatic carbocycles. The molecule has 2 aromatic rings. The number of para-hydroxylation sites is 2. The highest BCUT2D eigenvalue weighted by Gasteiger charge is 2.32. The second-order valence-electron chi connectivity index (χ2n) is 7.09. The molecule has 3 rings (SSSR count). The molecule has 6 heteroatoms. The summed E-state index contributed by atoms with van der Waals surface area (Å²) in [7, 11) is 2.05. The van der Waals surface area contributed by atoms with E-state index in [9.17, 15) is 4.79 Å². The maximum atomic E-state index is 12.7. The first-order chi connectivity index (χ1) is 12.0. The highest BCUT2D eigenvalue weighted by Crippen LogP contribution is 2.21. The number of hydrogen-bond acceptors (Lipinski definition) is 4. The molecular formula is C19H28N4O2. The average Bonchev–Trinajstić information content (AvgIpc) is 3.09. The number of hydrogen-bond donors (Lipinski definition) is 1. The first kappa shape index (κ1) is 17.9. The number of imidazole rings is 1. The second kappa shape index (κ2) is 7.54. The number of benzene rings is 1. The van der Waals surface area contributed by atoms with E-state index < -0.39 is 0 Å². The zero-order valence-electron chi connectivity index (χ0n) is 15.5. The van der Waals surface area contributed by atoms with Gasteiger partial charge in [0, 0.05) is 25.6 Å². The Bertz CT molecular complexity index is 740. The number of carbonyl (C=O) groups is 1. The molecule has 0 unspecified atom stereocenters. The van der Waals surface area contributed by atoms with Crippen LogP contribution < -0.4 is 5.32 Å². The van der Waals surface area contributed by atoms with Crippen LogP contribution in [0.25, 0.3) is 11.0 Å². The predicted octanol–water partition coefficient (Wildman–Crippen LogP) is 1.99. The summed E-state index contributed by atoms with van der Waals surface area (Å²) < 4.78 is 7.81. The van der Waals surface area contributed by atoms with Crippen LogP contribution in [0.5, 0.6) is 0 Å². The van der Waals surface area contributed by atoms with Crippen molar-refractivity contribution in [3.63, 3.8) is 0 Å². The molecule has 0 aliphatic carbocycles. The minimum absolute atomic E-state index is 0.00931. The molecule has 6 nitrogen and oxygen atoms in total. The summed E-state index contributed by atoms with van der Waals surface area (Å²) in [6.07, 6.45) is 0.0584. The van der Waals surface area contributed by atoms with Gasteiger partial charge in [-0.15, -0.1) is 0 Å². The van der Waals surface area contributed by atoms with Crippen molar-refractivity contribution >= 4 is 16.9 Å². The maximum Gasteiger partial charge on any atom is 0.240 e. The summed E-state index contributed by atoms with van der Waals surface area (Å²) in [4.78, 5) is 19.6. The van der Waals surface area contributed by atoms with Crippen molar-refractivity contribution in [2.45, 2.75) is 45.4 Å². The molecule has 0 bridgehead atoms. The van der Waals surface area contributed by atoms with Crippen molar-refractivity contribution in [3.05, 3.63) is 30.1 Å². The monoisotopic (exact) mass is 344 g/mol. The number of fused-ring (bicyclic) bond motifs is 1. The Kier molecular flexibility index (Phi) is 5.39. The highest BCUT2D eigenvalue weighted by atomic mass is 16.5. The van der Waals surface area contributed by atoms with Crippen LogP contribution >= 0.6 is 0 Å². The standard InChI is InChI=1S/C19H28N4O2/c1-5-25-17-11-22(4)10-15(17)20-18(24)12-23-16-9-7-6-8-14(16)21-19(23)13(2)3/h6-9,13,15,17H,5,10-12H2,1-4H3,(H,20,24)/t15-,17-/m1/s1. The van der Waals surface area contributed by atoms with E-state index in [2.05, 4.69) is 31.1 Å². The fourth-order valence-corrected chi connectivity index (χ4v) is 3.58. The van der Waals surface area contributed by atoms with Gasteiger partial charge in [0.25, 0.3) is 0 Å². The van der Waals surface area contributed by atoms with Crippen molar-refractivity contribution in [2.75, 3.05) is 26.7 Å². The van der Waals surface area contributed by atoms with Gasteiger partial charge in [0.2, 0.25) is 5.91 Å². The summed E-state index contributed by atoms with van der Waals surface area (Å²) in [6, 6.07) is 8.01. The van der Waals surface area contributed by atoms with Gasteiger partial charge in [-0.05, 0) is 26.1 Å². The van der Waals surface area contributed by atoms with Crippen LogP contribution in [0.4, 0.5) is 0 Å². The van der Waals surface area contributed by atoms with Crippen LogP contribution in [-0.4, -0.2) is 59.2 Å². The van der Waals surface area contributed by atoms with Crippen molar-refractivity contribution in [1.29, 1.82) is 0 Å². The molecule has 1 aliphatic heterocycles. The van der Waals surface area contributed by atoms with Gasteiger partial charge < -0.3 is 19.5 Å². The number of aromatic nitrogens is 2. The fourth-order valence-electron chi connectivity index (χ4n) is 3.58. The topological polar surface area (TPSA) is 59.4 Å². The van der Waals surface area contributed by atoms with Gasteiger partial charge in [0.1, 0.15) is 12.4 Å². The number of likely N-dealkylation sites (tertiary alicyclic amines) is 1. The summed E-state index contributed by atoms with van der Waals surface area (Å²) in [6.45, 7) is 8.81. The van der Waals surface area contributed by atoms with Gasteiger partial charge in [0.05, 0.1) is 23.2 Å². The number of rotatable bonds is 6. The molecule has 136 valence electrons. The van der Waals surface area contributed by atoms with Crippen LogP contribution in [0.1, 0.15) is 32.5 Å². The van der Waals surface area contributed by atoms with Crippen molar-refractivity contribution < 1.29 is 9.53 Å². The lowest BCUT2D eigenvalue weighted by molar-refractivity contribution is -0.123. The Morgan fingerprint density at radius 2 is 2.12 bits per heavy atom. The molecule has 1 saturated heterocycles. The number of likely N-dealkylation sites (N-methyl/N-ethyl adjacent to an activating group) is 1. The van der Waals surface area contributed by atoms with Crippen LogP contribution in [0.2, 0.25) is 0 Å². The van der Waals surface area contributed by atoms with E-state index in [0.29, 0.717) is 6.61 Å². The number of amides is 1. The lowest BCUT2D eigenvalue weighted by atomic mass is 10.2. The Labute approximate surface area is 149 Å². The van der Waals surface area contributed by atoms with Gasteiger partial charge in [-0.3, -0.25) is 4.79 Å². The molecule has 0 saturated carbocycles. The lowest BCUT2D eigenvalue weighted by Crippen LogP contribution is -2.45. The molecular weight excluding hydrogens is 316 g/mol. The molecule has 2 atom stereocenters. The highest BCUT2D eigenvalue weighted by molar-refractivity contribution is 5.81. The summed E-state index contributed by atoms with van der Waals surface area (Å²) in [5.74, 6) is 1.21. The van der Waals surface area contributed by atoms with E-state index in [4.69, 9.17) is 9.72 Å². The lowest BCUT2D eigenvalue weighted by Gasteiger charge is -2.20. The van der Waals surface area contributed by atoms with E-state index in [1.165, 1.54) is 0 Å². The van der Waals surface area contributed by atoms with Gasteiger partial charge in [0.15, 0.2) is 0 Å². The number of carbonyl (C=O) groups excluding carboxylic acids is 1. The summed E-state index contributed by atoms with van der Waals surface area (Å²) >= 11 is 0. The zero-order chi connectivity index (χ0) is 18.0. The van der Waals surface area contributed by atoms with E-state index in [1.807, 2.05) is 35.8 Å². The number of ether oxygens (including phenoxy) is 1. The second-order valence-corrected chi connectivity index (χ2v) is 7.09. The van der Waals surface area contributed by atoms with E-state index in [0.717, 1.165) is 29.9 Å². The molecule has 0 radical (unpaired) electrons. The van der Waals surface area contributed by atoms with Crippen LogP contribution in [0, 0.1) is 0 Å². The van der Waals surface area contributed by atoms with Gasteiger partial charge in [-0.2, -0.15) is 0 Å². The van der Waals surface area contributed by atoms with Gasteiger partial charge in [-0.1, -0.05) is 26.0 Å². The smallest absolute Gasteiger partial charge is 0.240 e. The SMILES string of the molecule is CCO[C@@H]1CN(C)C[C@H]1NC(=O)Cn1c(C(C)C)nc2ccccc21. The molecule has 1 amide bonds. The maximum absolute atomic E-state index is 12.7. The van der Waals surface area contributed by atoms with Crippen LogP contribution in [0.15, 0.2) is 24.3 Å².